The van der Waals surface area contributed by atoms with Crippen molar-refractivity contribution in [3.05, 3.63) is 33.9 Å². The molecule has 0 bridgehead atoms. The molecular weight excluding hydrogens is 254 g/mol. The lowest BCUT2D eigenvalue weighted by atomic mass is 9.89. The Morgan fingerprint density at radius 2 is 2.10 bits per heavy atom. The zero-order valence-electron chi connectivity index (χ0n) is 11.7. The molecule has 1 aliphatic rings. The molecule has 0 spiro atoms. The number of nitrogens with zero attached hydrogens (tertiary/aromatic N) is 3. The molecule has 20 heavy (non-hydrogen) atoms. The van der Waals surface area contributed by atoms with Crippen LogP contribution in [0.25, 0.3) is 0 Å². The van der Waals surface area contributed by atoms with E-state index >= 15 is 0 Å². The Hall–Kier alpha value is -2.09. The number of nitriles is 1. The van der Waals surface area contributed by atoms with Gasteiger partial charge in [0.1, 0.15) is 11.6 Å². The van der Waals surface area contributed by atoms with Gasteiger partial charge in [-0.2, -0.15) is 5.26 Å². The molecule has 0 N–H and O–H groups in total. The summed E-state index contributed by atoms with van der Waals surface area (Å²) in [5, 5.41) is 19.9. The van der Waals surface area contributed by atoms with Gasteiger partial charge in [0.15, 0.2) is 0 Å². The second-order valence-corrected chi connectivity index (χ2v) is 5.45. The van der Waals surface area contributed by atoms with E-state index in [1.807, 2.05) is 13.1 Å². The van der Waals surface area contributed by atoms with Crippen LogP contribution < -0.4 is 4.90 Å². The standard InChI is InChI=1S/C15H19N3O2/c1-17(11-12-5-3-2-4-6-12)14-8-7-13(10-16)15(9-14)18(19)20/h7-9,12H,2-6,11H2,1H3. The summed E-state index contributed by atoms with van der Waals surface area (Å²) in [7, 11) is 1.96. The van der Waals surface area contributed by atoms with Gasteiger partial charge in [0.2, 0.25) is 0 Å². The minimum atomic E-state index is -0.490. The normalized spacial score (nSPS) is 15.6. The molecule has 0 aliphatic heterocycles. The molecule has 0 amide bonds. The van der Waals surface area contributed by atoms with E-state index in [-0.39, 0.29) is 11.3 Å². The SMILES string of the molecule is CN(CC1CCCCC1)c1ccc(C#N)c([N+](=O)[O-])c1. The van der Waals surface area contributed by atoms with Crippen molar-refractivity contribution in [3.63, 3.8) is 0 Å². The monoisotopic (exact) mass is 273 g/mol. The third-order valence-electron chi connectivity index (χ3n) is 4.00. The molecule has 1 fully saturated rings. The molecule has 1 aromatic rings. The van der Waals surface area contributed by atoms with Gasteiger partial charge in [-0.25, -0.2) is 0 Å². The Bertz CT molecular complexity index is 530. The fourth-order valence-electron chi connectivity index (χ4n) is 2.87. The Morgan fingerprint density at radius 1 is 1.40 bits per heavy atom. The van der Waals surface area contributed by atoms with Crippen molar-refractivity contribution in [2.75, 3.05) is 18.5 Å². The van der Waals surface area contributed by atoms with E-state index in [2.05, 4.69) is 4.90 Å². The van der Waals surface area contributed by atoms with Gasteiger partial charge in [0, 0.05) is 25.3 Å². The zero-order chi connectivity index (χ0) is 14.5. The quantitative estimate of drug-likeness (QED) is 0.622. The topological polar surface area (TPSA) is 70.2 Å². The third kappa shape index (κ3) is 3.27. The second-order valence-electron chi connectivity index (χ2n) is 5.45. The third-order valence-corrected chi connectivity index (χ3v) is 4.00. The molecule has 106 valence electrons. The predicted molar refractivity (Wildman–Crippen MR) is 77.7 cm³/mol. The summed E-state index contributed by atoms with van der Waals surface area (Å²) < 4.78 is 0. The van der Waals surface area contributed by atoms with Gasteiger partial charge in [-0.15, -0.1) is 0 Å². The molecule has 1 aromatic carbocycles. The first kappa shape index (κ1) is 14.3. The fourth-order valence-corrected chi connectivity index (χ4v) is 2.87. The van der Waals surface area contributed by atoms with Gasteiger partial charge in [-0.3, -0.25) is 10.1 Å². The maximum Gasteiger partial charge on any atom is 0.289 e. The molecule has 0 heterocycles. The van der Waals surface area contributed by atoms with E-state index in [1.54, 1.807) is 6.07 Å². The number of hydrogen-bond acceptors (Lipinski definition) is 4. The minimum Gasteiger partial charge on any atom is -0.374 e. The lowest BCUT2D eigenvalue weighted by Crippen LogP contribution is -2.26. The van der Waals surface area contributed by atoms with Crippen LogP contribution in [0.1, 0.15) is 37.7 Å². The number of hydrogen-bond donors (Lipinski definition) is 0. The fraction of sp³-hybridized carbons (Fsp3) is 0.533. The van der Waals surface area contributed by atoms with Gasteiger partial charge in [-0.1, -0.05) is 19.3 Å². The van der Waals surface area contributed by atoms with Crippen molar-refractivity contribution in [1.82, 2.24) is 0 Å². The Balaban J connectivity index is 2.13. The Labute approximate surface area is 119 Å². The van der Waals surface area contributed by atoms with E-state index in [4.69, 9.17) is 5.26 Å². The highest BCUT2D eigenvalue weighted by Gasteiger charge is 2.19. The summed E-state index contributed by atoms with van der Waals surface area (Å²) in [4.78, 5) is 12.6. The van der Waals surface area contributed by atoms with Gasteiger partial charge in [-0.05, 0) is 30.9 Å². The van der Waals surface area contributed by atoms with Gasteiger partial charge in [0.05, 0.1) is 4.92 Å². The minimum absolute atomic E-state index is 0.111. The van der Waals surface area contributed by atoms with Gasteiger partial charge >= 0.3 is 0 Å². The van der Waals surface area contributed by atoms with Crippen LogP contribution in [0, 0.1) is 27.4 Å². The van der Waals surface area contributed by atoms with Crippen molar-refractivity contribution in [1.29, 1.82) is 5.26 Å². The summed E-state index contributed by atoms with van der Waals surface area (Å²) in [5.74, 6) is 0.670. The smallest absolute Gasteiger partial charge is 0.289 e. The number of anilines is 1. The molecule has 0 atom stereocenters. The van der Waals surface area contributed by atoms with Crippen molar-refractivity contribution >= 4 is 11.4 Å². The number of nitro benzene ring substituents is 1. The molecule has 0 aromatic heterocycles. The highest BCUT2D eigenvalue weighted by Crippen LogP contribution is 2.28. The molecular formula is C15H19N3O2. The predicted octanol–water partition coefficient (Wildman–Crippen LogP) is 3.48. The van der Waals surface area contributed by atoms with Crippen LogP contribution in [0.2, 0.25) is 0 Å². The first-order valence-corrected chi connectivity index (χ1v) is 7.01. The Kier molecular flexibility index (Phi) is 4.57. The van der Waals surface area contributed by atoms with Crippen LogP contribution in [0.3, 0.4) is 0 Å². The lowest BCUT2D eigenvalue weighted by molar-refractivity contribution is -0.385. The van der Waals surface area contributed by atoms with E-state index in [1.165, 1.54) is 44.2 Å². The van der Waals surface area contributed by atoms with Crippen LogP contribution in [-0.2, 0) is 0 Å². The Morgan fingerprint density at radius 3 is 2.70 bits per heavy atom. The van der Waals surface area contributed by atoms with Crippen LogP contribution in [-0.4, -0.2) is 18.5 Å². The largest absolute Gasteiger partial charge is 0.374 e. The highest BCUT2D eigenvalue weighted by molar-refractivity contribution is 5.60. The summed E-state index contributed by atoms with van der Waals surface area (Å²) in [5.41, 5.74) is 0.812. The van der Waals surface area contributed by atoms with Gasteiger partial charge < -0.3 is 4.90 Å². The summed E-state index contributed by atoms with van der Waals surface area (Å²) in [6.07, 6.45) is 6.37. The number of rotatable bonds is 4. The lowest BCUT2D eigenvalue weighted by Gasteiger charge is -2.28. The maximum atomic E-state index is 11.0. The first-order valence-electron chi connectivity index (χ1n) is 7.01. The zero-order valence-corrected chi connectivity index (χ0v) is 11.7. The van der Waals surface area contributed by atoms with Gasteiger partial charge in [0.25, 0.3) is 5.69 Å². The summed E-state index contributed by atoms with van der Waals surface area (Å²) in [6, 6.07) is 6.68. The van der Waals surface area contributed by atoms with Crippen LogP contribution in [0.5, 0.6) is 0 Å². The highest BCUT2D eigenvalue weighted by atomic mass is 16.6. The van der Waals surface area contributed by atoms with Crippen molar-refractivity contribution in [3.8, 4) is 6.07 Å². The molecule has 1 saturated carbocycles. The van der Waals surface area contributed by atoms with Crippen LogP contribution >= 0.6 is 0 Å². The average Bonchev–Trinajstić information content (AvgIpc) is 2.47. The van der Waals surface area contributed by atoms with Crippen molar-refractivity contribution < 1.29 is 4.92 Å². The summed E-state index contributed by atoms with van der Waals surface area (Å²) in [6.45, 7) is 0.920. The number of benzene rings is 1. The van der Waals surface area contributed by atoms with Crippen LogP contribution in [0.4, 0.5) is 11.4 Å². The second kappa shape index (κ2) is 6.38. The summed E-state index contributed by atoms with van der Waals surface area (Å²) >= 11 is 0. The molecule has 5 nitrogen and oxygen atoms in total. The molecule has 0 unspecified atom stereocenters. The molecule has 1 aliphatic carbocycles. The molecule has 0 radical (unpaired) electrons. The first-order chi connectivity index (χ1) is 9.61. The van der Waals surface area contributed by atoms with E-state index in [0.717, 1.165) is 12.2 Å². The van der Waals surface area contributed by atoms with Crippen LogP contribution in [0.15, 0.2) is 18.2 Å². The molecule has 5 heteroatoms. The van der Waals surface area contributed by atoms with Crippen molar-refractivity contribution in [2.45, 2.75) is 32.1 Å². The number of nitro groups is 1. The molecule has 0 saturated heterocycles. The van der Waals surface area contributed by atoms with E-state index in [9.17, 15) is 10.1 Å². The molecule has 2 rings (SSSR count). The maximum absolute atomic E-state index is 11.0. The average molecular weight is 273 g/mol. The van der Waals surface area contributed by atoms with E-state index in [0.29, 0.717) is 5.92 Å². The van der Waals surface area contributed by atoms with Crippen molar-refractivity contribution in [2.24, 2.45) is 5.92 Å². The van der Waals surface area contributed by atoms with E-state index < -0.39 is 4.92 Å².